The number of hydrogen-bond acceptors (Lipinski definition) is 7. The Morgan fingerprint density at radius 3 is 2.71 bits per heavy atom. The number of aryl methyl sites for hydroxylation is 1. The number of rotatable bonds is 3. The molecule has 1 amide bonds. The molecule has 3 aromatic heterocycles. The molecule has 144 valence electrons. The lowest BCUT2D eigenvalue weighted by atomic mass is 10.1. The first kappa shape index (κ1) is 17.6. The molecule has 0 N–H and O–H groups in total. The van der Waals surface area contributed by atoms with Crippen molar-refractivity contribution >= 4 is 28.1 Å². The van der Waals surface area contributed by atoms with Gasteiger partial charge in [-0.2, -0.15) is 0 Å². The van der Waals surface area contributed by atoms with Crippen molar-refractivity contribution in [3.8, 4) is 10.7 Å². The molecule has 0 spiro atoms. The van der Waals surface area contributed by atoms with Crippen LogP contribution in [0.2, 0.25) is 0 Å². The van der Waals surface area contributed by atoms with Gasteiger partial charge in [0.15, 0.2) is 5.01 Å². The quantitative estimate of drug-likeness (QED) is 0.679. The average molecular weight is 395 g/mol. The standard InChI is InChI=1S/C20H22N6OS/c1-12-23-24-20(28-12)17-6-3-13-9-21-14(7-18(13)22-17)8-19(27)26-10-15-4-5-16(11-26)25(15)2/h3,6-7,9,15-16H,4-5,8,10-11H2,1-2H3. The minimum absolute atomic E-state index is 0.160. The number of hydrogen-bond donors (Lipinski definition) is 0. The van der Waals surface area contributed by atoms with Crippen LogP contribution >= 0.6 is 11.3 Å². The van der Waals surface area contributed by atoms with Crippen LogP contribution in [0, 0.1) is 6.92 Å². The van der Waals surface area contributed by atoms with Gasteiger partial charge in [-0.25, -0.2) is 4.98 Å². The van der Waals surface area contributed by atoms with Gasteiger partial charge < -0.3 is 4.90 Å². The molecule has 0 saturated carbocycles. The first-order valence-electron chi connectivity index (χ1n) is 9.63. The van der Waals surface area contributed by atoms with E-state index in [0.717, 1.165) is 45.4 Å². The highest BCUT2D eigenvalue weighted by Gasteiger charge is 2.38. The fourth-order valence-corrected chi connectivity index (χ4v) is 4.92. The summed E-state index contributed by atoms with van der Waals surface area (Å²) in [6, 6.07) is 6.87. The highest BCUT2D eigenvalue weighted by Crippen LogP contribution is 2.29. The van der Waals surface area contributed by atoms with Crippen molar-refractivity contribution in [1.82, 2.24) is 30.0 Å². The zero-order valence-electron chi connectivity index (χ0n) is 16.0. The number of piperazine rings is 1. The molecular weight excluding hydrogens is 372 g/mol. The first-order chi connectivity index (χ1) is 13.6. The number of pyridine rings is 2. The molecule has 2 unspecified atom stereocenters. The summed E-state index contributed by atoms with van der Waals surface area (Å²) in [6.45, 7) is 3.59. The second-order valence-corrected chi connectivity index (χ2v) is 8.90. The Balaban J connectivity index is 1.36. The van der Waals surface area contributed by atoms with Crippen LogP contribution in [0.1, 0.15) is 23.5 Å². The van der Waals surface area contributed by atoms with E-state index < -0.39 is 0 Å². The van der Waals surface area contributed by atoms with E-state index in [9.17, 15) is 4.79 Å². The van der Waals surface area contributed by atoms with Crippen LogP contribution in [0.4, 0.5) is 0 Å². The van der Waals surface area contributed by atoms with E-state index in [1.807, 2.05) is 30.0 Å². The molecule has 2 aliphatic rings. The van der Waals surface area contributed by atoms with Crippen molar-refractivity contribution < 1.29 is 4.79 Å². The van der Waals surface area contributed by atoms with Gasteiger partial charge in [-0.1, -0.05) is 11.3 Å². The highest BCUT2D eigenvalue weighted by molar-refractivity contribution is 7.14. The van der Waals surface area contributed by atoms with Gasteiger partial charge in [-0.15, -0.1) is 10.2 Å². The molecule has 0 radical (unpaired) electrons. The van der Waals surface area contributed by atoms with Crippen LogP contribution in [0.5, 0.6) is 0 Å². The Labute approximate surface area is 167 Å². The molecule has 2 fully saturated rings. The maximum absolute atomic E-state index is 12.9. The van der Waals surface area contributed by atoms with Crippen LogP contribution in [0.25, 0.3) is 21.6 Å². The number of carbonyl (C=O) groups is 1. The summed E-state index contributed by atoms with van der Waals surface area (Å²) >= 11 is 1.52. The Kier molecular flexibility index (Phi) is 4.32. The van der Waals surface area contributed by atoms with E-state index in [1.54, 1.807) is 6.20 Å². The van der Waals surface area contributed by atoms with Gasteiger partial charge in [-0.3, -0.25) is 14.7 Å². The number of amides is 1. The summed E-state index contributed by atoms with van der Waals surface area (Å²) in [4.78, 5) is 26.5. The van der Waals surface area contributed by atoms with Crippen molar-refractivity contribution in [1.29, 1.82) is 0 Å². The third kappa shape index (κ3) is 3.16. The van der Waals surface area contributed by atoms with Crippen molar-refractivity contribution in [3.63, 3.8) is 0 Å². The summed E-state index contributed by atoms with van der Waals surface area (Å²) in [7, 11) is 2.18. The smallest absolute Gasteiger partial charge is 0.228 e. The molecule has 2 atom stereocenters. The largest absolute Gasteiger partial charge is 0.339 e. The van der Waals surface area contributed by atoms with Crippen molar-refractivity contribution in [2.24, 2.45) is 0 Å². The second kappa shape index (κ2) is 6.86. The van der Waals surface area contributed by atoms with Crippen LogP contribution in [0.15, 0.2) is 24.4 Å². The van der Waals surface area contributed by atoms with Gasteiger partial charge in [-0.05, 0) is 45.0 Å². The Morgan fingerprint density at radius 1 is 1.21 bits per heavy atom. The fraction of sp³-hybridized carbons (Fsp3) is 0.450. The van der Waals surface area contributed by atoms with Gasteiger partial charge in [0.25, 0.3) is 0 Å². The molecule has 7 nitrogen and oxygen atoms in total. The number of carbonyl (C=O) groups excluding carboxylic acids is 1. The van der Waals surface area contributed by atoms with E-state index in [2.05, 4.69) is 27.1 Å². The number of aromatic nitrogens is 4. The zero-order chi connectivity index (χ0) is 19.3. The predicted molar refractivity (Wildman–Crippen MR) is 108 cm³/mol. The van der Waals surface area contributed by atoms with E-state index in [4.69, 9.17) is 4.98 Å². The zero-order valence-corrected chi connectivity index (χ0v) is 16.8. The minimum Gasteiger partial charge on any atom is -0.339 e. The molecule has 8 heteroatoms. The Hall–Kier alpha value is -2.45. The van der Waals surface area contributed by atoms with Gasteiger partial charge in [0, 0.05) is 36.8 Å². The maximum Gasteiger partial charge on any atom is 0.228 e. The summed E-state index contributed by atoms with van der Waals surface area (Å²) in [5.41, 5.74) is 2.40. The monoisotopic (exact) mass is 394 g/mol. The molecule has 5 heterocycles. The molecule has 5 rings (SSSR count). The summed E-state index contributed by atoms with van der Waals surface area (Å²) < 4.78 is 0. The summed E-state index contributed by atoms with van der Waals surface area (Å²) in [6.07, 6.45) is 4.50. The second-order valence-electron chi connectivity index (χ2n) is 7.72. The SMILES string of the molecule is Cc1nnc(-c2ccc3cnc(CC(=O)N4CC5CCC(C4)N5C)cc3n2)s1. The number of likely N-dealkylation sites (N-methyl/N-ethyl adjacent to an activating group) is 1. The van der Waals surface area contributed by atoms with E-state index in [0.29, 0.717) is 18.5 Å². The highest BCUT2D eigenvalue weighted by atomic mass is 32.1. The molecule has 3 aromatic rings. The molecule has 0 aliphatic carbocycles. The predicted octanol–water partition coefficient (Wildman–Crippen LogP) is 2.30. The molecule has 2 bridgehead atoms. The fourth-order valence-electron chi connectivity index (χ4n) is 4.26. The van der Waals surface area contributed by atoms with Crippen molar-refractivity contribution in [3.05, 3.63) is 35.1 Å². The van der Waals surface area contributed by atoms with E-state index in [1.165, 1.54) is 24.2 Å². The molecular formula is C20H22N6OS. The van der Waals surface area contributed by atoms with Crippen molar-refractivity contribution in [2.45, 2.75) is 38.3 Å². The van der Waals surface area contributed by atoms with Gasteiger partial charge in [0.2, 0.25) is 5.91 Å². The lowest BCUT2D eigenvalue weighted by Gasteiger charge is -2.38. The molecule has 0 aromatic carbocycles. The first-order valence-corrected chi connectivity index (χ1v) is 10.4. The Morgan fingerprint density at radius 2 is 2.00 bits per heavy atom. The topological polar surface area (TPSA) is 75.1 Å². The normalized spacial score (nSPS) is 22.1. The van der Waals surface area contributed by atoms with Gasteiger partial charge in [0.05, 0.1) is 17.6 Å². The average Bonchev–Trinajstić information content (AvgIpc) is 3.19. The molecule has 2 aliphatic heterocycles. The van der Waals surface area contributed by atoms with E-state index in [-0.39, 0.29) is 5.91 Å². The maximum atomic E-state index is 12.9. The van der Waals surface area contributed by atoms with Crippen LogP contribution in [0.3, 0.4) is 0 Å². The molecule has 2 saturated heterocycles. The third-order valence-corrected chi connectivity index (χ3v) is 6.77. The minimum atomic E-state index is 0.160. The number of fused-ring (bicyclic) bond motifs is 3. The van der Waals surface area contributed by atoms with E-state index >= 15 is 0 Å². The lowest BCUT2D eigenvalue weighted by Crippen LogP contribution is -2.54. The third-order valence-electron chi connectivity index (χ3n) is 5.91. The van der Waals surface area contributed by atoms with Crippen LogP contribution in [-0.4, -0.2) is 68.1 Å². The van der Waals surface area contributed by atoms with Crippen molar-refractivity contribution in [2.75, 3.05) is 20.1 Å². The van der Waals surface area contributed by atoms with Gasteiger partial charge in [0.1, 0.15) is 10.7 Å². The van der Waals surface area contributed by atoms with Gasteiger partial charge >= 0.3 is 0 Å². The summed E-state index contributed by atoms with van der Waals surface area (Å²) in [5.74, 6) is 0.160. The Bertz CT molecular complexity index is 1040. The summed E-state index contributed by atoms with van der Waals surface area (Å²) in [5, 5.41) is 10.9. The van der Waals surface area contributed by atoms with Crippen LogP contribution < -0.4 is 0 Å². The van der Waals surface area contributed by atoms with Crippen LogP contribution in [-0.2, 0) is 11.2 Å². The number of likely N-dealkylation sites (tertiary alicyclic amines) is 1. The number of nitrogens with zero attached hydrogens (tertiary/aromatic N) is 6. The lowest BCUT2D eigenvalue weighted by molar-refractivity contribution is -0.133. The molecule has 28 heavy (non-hydrogen) atoms.